The van der Waals surface area contributed by atoms with Crippen LogP contribution in [0.2, 0.25) is 5.02 Å². The number of hydrogen-bond acceptors (Lipinski definition) is 2. The molecule has 0 saturated heterocycles. The van der Waals surface area contributed by atoms with E-state index >= 15 is 0 Å². The Labute approximate surface area is 189 Å². The van der Waals surface area contributed by atoms with Crippen LogP contribution in [0.3, 0.4) is 0 Å². The van der Waals surface area contributed by atoms with Crippen molar-refractivity contribution in [3.05, 3.63) is 114 Å². The number of halogens is 1. The number of hydrogen-bond donors (Lipinski definition) is 0. The van der Waals surface area contributed by atoms with Gasteiger partial charge in [0.2, 0.25) is 0 Å². The van der Waals surface area contributed by atoms with Crippen molar-refractivity contribution in [2.45, 2.75) is 0 Å². The Bertz CT molecular complexity index is 1500. The number of fused-ring (bicyclic) bond motifs is 5. The highest BCUT2D eigenvalue weighted by atomic mass is 35.5. The van der Waals surface area contributed by atoms with Crippen LogP contribution in [0.5, 0.6) is 0 Å². The van der Waals surface area contributed by atoms with Crippen LogP contribution in [0, 0.1) is 0 Å². The SMILES string of the molecule is Clc1ccc2sc3cc(N(c4ccccc4)c4ccccc4)c4ccccc4c3c2c1. The Hall–Kier alpha value is -3.33. The first-order valence-corrected chi connectivity index (χ1v) is 11.4. The number of anilines is 3. The molecule has 31 heavy (non-hydrogen) atoms. The van der Waals surface area contributed by atoms with Crippen molar-refractivity contribution in [2.75, 3.05) is 4.90 Å². The number of para-hydroxylation sites is 2. The highest BCUT2D eigenvalue weighted by molar-refractivity contribution is 7.26. The molecule has 0 aliphatic carbocycles. The molecule has 148 valence electrons. The second-order valence-electron chi connectivity index (χ2n) is 7.56. The fourth-order valence-electron chi connectivity index (χ4n) is 4.36. The molecule has 0 radical (unpaired) electrons. The van der Waals surface area contributed by atoms with Crippen LogP contribution in [-0.2, 0) is 0 Å². The predicted molar refractivity (Wildman–Crippen MR) is 137 cm³/mol. The predicted octanol–water partition coefficient (Wildman–Crippen LogP) is 9.33. The van der Waals surface area contributed by atoms with Crippen molar-refractivity contribution in [2.24, 2.45) is 0 Å². The average molecular weight is 436 g/mol. The molecule has 1 aromatic heterocycles. The van der Waals surface area contributed by atoms with Gasteiger partial charge in [0, 0.05) is 42.0 Å². The number of nitrogens with zero attached hydrogens (tertiary/aromatic N) is 1. The molecule has 6 aromatic rings. The van der Waals surface area contributed by atoms with E-state index in [4.69, 9.17) is 11.6 Å². The number of rotatable bonds is 3. The van der Waals surface area contributed by atoms with Gasteiger partial charge in [0.1, 0.15) is 0 Å². The van der Waals surface area contributed by atoms with Crippen LogP contribution in [0.25, 0.3) is 30.9 Å². The fraction of sp³-hybridized carbons (Fsp3) is 0. The molecule has 0 atom stereocenters. The Balaban J connectivity index is 1.74. The van der Waals surface area contributed by atoms with E-state index in [0.717, 1.165) is 16.4 Å². The van der Waals surface area contributed by atoms with Gasteiger partial charge in [-0.05, 0) is 53.9 Å². The summed E-state index contributed by atoms with van der Waals surface area (Å²) in [5, 5.41) is 5.75. The van der Waals surface area contributed by atoms with Crippen LogP contribution in [0.4, 0.5) is 17.1 Å². The second kappa shape index (κ2) is 7.42. The standard InChI is InChI=1S/C28H18ClNS/c29-19-15-16-26-24(17-19)28-23-14-8-7-13-22(23)25(18-27(28)31-26)30(20-9-3-1-4-10-20)21-11-5-2-6-12-21/h1-18H. The minimum absolute atomic E-state index is 0.774. The third-order valence-electron chi connectivity index (χ3n) is 5.69. The van der Waals surface area contributed by atoms with Gasteiger partial charge in [0.15, 0.2) is 0 Å². The van der Waals surface area contributed by atoms with Gasteiger partial charge < -0.3 is 4.90 Å². The van der Waals surface area contributed by atoms with Gasteiger partial charge >= 0.3 is 0 Å². The Morgan fingerprint density at radius 3 is 1.84 bits per heavy atom. The summed E-state index contributed by atoms with van der Waals surface area (Å²) in [6.07, 6.45) is 0. The van der Waals surface area contributed by atoms with E-state index in [1.807, 2.05) is 17.4 Å². The summed E-state index contributed by atoms with van der Waals surface area (Å²) >= 11 is 8.19. The average Bonchev–Trinajstić information content (AvgIpc) is 3.18. The Kier molecular flexibility index (Phi) is 4.41. The second-order valence-corrected chi connectivity index (χ2v) is 9.08. The van der Waals surface area contributed by atoms with Gasteiger partial charge in [-0.3, -0.25) is 0 Å². The van der Waals surface area contributed by atoms with Gasteiger partial charge in [0.05, 0.1) is 5.69 Å². The smallest absolute Gasteiger partial charge is 0.0554 e. The highest BCUT2D eigenvalue weighted by Gasteiger charge is 2.18. The van der Waals surface area contributed by atoms with Crippen molar-refractivity contribution in [3.63, 3.8) is 0 Å². The van der Waals surface area contributed by atoms with Crippen molar-refractivity contribution >= 4 is 70.9 Å². The maximum Gasteiger partial charge on any atom is 0.0554 e. The molecule has 1 heterocycles. The molecule has 6 rings (SSSR count). The molecule has 0 N–H and O–H groups in total. The van der Waals surface area contributed by atoms with E-state index in [1.165, 1.54) is 36.6 Å². The minimum atomic E-state index is 0.774. The number of benzene rings is 5. The van der Waals surface area contributed by atoms with Crippen LogP contribution in [0.15, 0.2) is 109 Å². The van der Waals surface area contributed by atoms with Crippen LogP contribution >= 0.6 is 22.9 Å². The van der Waals surface area contributed by atoms with Gasteiger partial charge in [-0.2, -0.15) is 0 Å². The normalized spacial score (nSPS) is 11.4. The zero-order chi connectivity index (χ0) is 20.8. The zero-order valence-electron chi connectivity index (χ0n) is 16.6. The molecule has 5 aromatic carbocycles. The molecule has 0 unspecified atom stereocenters. The van der Waals surface area contributed by atoms with Gasteiger partial charge in [-0.25, -0.2) is 0 Å². The van der Waals surface area contributed by atoms with Gasteiger partial charge in [-0.15, -0.1) is 11.3 Å². The van der Waals surface area contributed by atoms with E-state index in [0.29, 0.717) is 0 Å². The monoisotopic (exact) mass is 435 g/mol. The van der Waals surface area contributed by atoms with Crippen molar-refractivity contribution < 1.29 is 0 Å². The van der Waals surface area contributed by atoms with E-state index in [-0.39, 0.29) is 0 Å². The maximum absolute atomic E-state index is 6.37. The summed E-state index contributed by atoms with van der Waals surface area (Å²) in [6, 6.07) is 38.3. The lowest BCUT2D eigenvalue weighted by molar-refractivity contribution is 1.30. The van der Waals surface area contributed by atoms with Crippen LogP contribution < -0.4 is 4.90 Å². The van der Waals surface area contributed by atoms with E-state index in [2.05, 4.69) is 108 Å². The first kappa shape index (κ1) is 18.4. The summed E-state index contributed by atoms with van der Waals surface area (Å²) in [5.41, 5.74) is 3.46. The molecule has 0 bridgehead atoms. The summed E-state index contributed by atoms with van der Waals surface area (Å²) in [5.74, 6) is 0. The molecular formula is C28H18ClNS. The highest BCUT2D eigenvalue weighted by Crippen LogP contribution is 2.46. The lowest BCUT2D eigenvalue weighted by atomic mass is 10.0. The summed E-state index contributed by atoms with van der Waals surface area (Å²) in [6.45, 7) is 0. The van der Waals surface area contributed by atoms with Gasteiger partial charge in [0.25, 0.3) is 0 Å². The molecule has 0 aliphatic heterocycles. The first-order chi connectivity index (χ1) is 15.3. The number of thiophene rings is 1. The quantitative estimate of drug-likeness (QED) is 0.267. The van der Waals surface area contributed by atoms with Gasteiger partial charge in [-0.1, -0.05) is 72.3 Å². The lowest BCUT2D eigenvalue weighted by Gasteiger charge is -2.27. The molecule has 0 aliphatic rings. The van der Waals surface area contributed by atoms with Crippen LogP contribution in [0.1, 0.15) is 0 Å². The third-order valence-corrected chi connectivity index (χ3v) is 7.04. The van der Waals surface area contributed by atoms with E-state index in [9.17, 15) is 0 Å². The molecular weight excluding hydrogens is 418 g/mol. The Morgan fingerprint density at radius 2 is 1.16 bits per heavy atom. The lowest BCUT2D eigenvalue weighted by Crippen LogP contribution is -2.10. The third kappa shape index (κ3) is 3.07. The van der Waals surface area contributed by atoms with Crippen molar-refractivity contribution in [3.8, 4) is 0 Å². The molecule has 0 fully saturated rings. The summed E-state index contributed by atoms with van der Waals surface area (Å²) in [7, 11) is 0. The molecule has 0 spiro atoms. The van der Waals surface area contributed by atoms with E-state index < -0.39 is 0 Å². The van der Waals surface area contributed by atoms with Crippen molar-refractivity contribution in [1.82, 2.24) is 0 Å². The largest absolute Gasteiger partial charge is 0.310 e. The van der Waals surface area contributed by atoms with Crippen LogP contribution in [-0.4, -0.2) is 0 Å². The molecule has 0 saturated carbocycles. The fourth-order valence-corrected chi connectivity index (χ4v) is 5.67. The summed E-state index contributed by atoms with van der Waals surface area (Å²) in [4.78, 5) is 2.35. The molecule has 3 heteroatoms. The van der Waals surface area contributed by atoms with E-state index in [1.54, 1.807) is 0 Å². The molecule has 0 amide bonds. The zero-order valence-corrected chi connectivity index (χ0v) is 18.2. The minimum Gasteiger partial charge on any atom is -0.310 e. The Morgan fingerprint density at radius 1 is 0.548 bits per heavy atom. The molecule has 1 nitrogen and oxygen atoms in total. The maximum atomic E-state index is 6.37. The first-order valence-electron chi connectivity index (χ1n) is 10.2. The summed E-state index contributed by atoms with van der Waals surface area (Å²) < 4.78 is 2.52. The topological polar surface area (TPSA) is 3.24 Å². The van der Waals surface area contributed by atoms with Crippen molar-refractivity contribution in [1.29, 1.82) is 0 Å².